The summed E-state index contributed by atoms with van der Waals surface area (Å²) in [5.41, 5.74) is 0.373. The zero-order valence-electron chi connectivity index (χ0n) is 16.5. The van der Waals surface area contributed by atoms with Gasteiger partial charge in [-0.25, -0.2) is 13.8 Å². The molecule has 1 aliphatic heterocycles. The van der Waals surface area contributed by atoms with Gasteiger partial charge in [0.05, 0.1) is 5.56 Å². The molecule has 0 fully saturated rings. The molecule has 1 heterocycles. The van der Waals surface area contributed by atoms with Crippen molar-refractivity contribution in [3.05, 3.63) is 59.2 Å². The van der Waals surface area contributed by atoms with Crippen LogP contribution in [-0.2, 0) is 24.5 Å². The number of benzene rings is 2. The van der Waals surface area contributed by atoms with Crippen LogP contribution in [0.4, 0.5) is 12.7 Å². The molecule has 0 saturated carbocycles. The van der Waals surface area contributed by atoms with Crippen molar-refractivity contribution in [2.45, 2.75) is 26.9 Å². The molecule has 0 radical (unpaired) electrons. The van der Waals surface area contributed by atoms with E-state index in [2.05, 4.69) is 14.2 Å². The fourth-order valence-corrected chi connectivity index (χ4v) is 3.38. The molecule has 1 aliphatic rings. The van der Waals surface area contributed by atoms with Gasteiger partial charge in [0.1, 0.15) is 35.6 Å². The van der Waals surface area contributed by atoms with Crippen LogP contribution >= 0.6 is 0 Å². The third-order valence-electron chi connectivity index (χ3n) is 4.84. The first kappa shape index (κ1) is 22.0. The Balaban J connectivity index is 1.62. The molecule has 0 spiro atoms. The molecule has 2 aromatic carbocycles. The fraction of sp³-hybridized carbons (Fsp3) is 0.333. The van der Waals surface area contributed by atoms with Gasteiger partial charge < -0.3 is 8.92 Å². The van der Waals surface area contributed by atoms with Gasteiger partial charge in [-0.15, -0.1) is 0 Å². The van der Waals surface area contributed by atoms with Crippen LogP contribution in [0.1, 0.15) is 25.0 Å². The zero-order valence-corrected chi connectivity index (χ0v) is 17.3. The lowest BCUT2D eigenvalue weighted by Gasteiger charge is -2.21. The van der Waals surface area contributed by atoms with E-state index in [9.17, 15) is 16.9 Å². The van der Waals surface area contributed by atoms with Gasteiger partial charge in [-0.2, -0.15) is 4.21 Å². The maximum atomic E-state index is 14.5. The summed E-state index contributed by atoms with van der Waals surface area (Å²) in [7, 11) is 0. The minimum absolute atomic E-state index is 0.0443. The Kier molecular flexibility index (Phi) is 7.25. The number of rotatable bonds is 8. The number of halogens is 3. The predicted molar refractivity (Wildman–Crippen MR) is 110 cm³/mol. The van der Waals surface area contributed by atoms with Crippen LogP contribution in [0.25, 0.3) is 0 Å². The lowest BCUT2D eigenvalue weighted by Crippen LogP contribution is -2.22. The van der Waals surface area contributed by atoms with Gasteiger partial charge in [0.25, 0.3) is 0 Å². The van der Waals surface area contributed by atoms with E-state index in [4.69, 9.17) is 4.74 Å². The highest BCUT2D eigenvalue weighted by Gasteiger charge is 2.20. The molecule has 3 rings (SSSR count). The SMILES string of the molecule is CC1=NCC(C(C)Cc2cc(F)c(COc3ccc(OS(=O)F)cc3)c(F)c2)C=N1. The maximum absolute atomic E-state index is 14.5. The Labute approximate surface area is 175 Å². The van der Waals surface area contributed by atoms with Gasteiger partial charge in [-0.1, -0.05) is 10.8 Å². The third-order valence-corrected chi connectivity index (χ3v) is 5.17. The fourth-order valence-electron chi connectivity index (χ4n) is 3.11. The zero-order chi connectivity index (χ0) is 21.7. The maximum Gasteiger partial charge on any atom is 0.401 e. The Morgan fingerprint density at radius 2 is 1.80 bits per heavy atom. The lowest BCUT2D eigenvalue weighted by atomic mass is 9.88. The molecule has 0 saturated heterocycles. The minimum Gasteiger partial charge on any atom is -0.489 e. The summed E-state index contributed by atoms with van der Waals surface area (Å²) >= 11 is -2.93. The molecule has 3 unspecified atom stereocenters. The van der Waals surface area contributed by atoms with Crippen LogP contribution in [0.15, 0.2) is 46.4 Å². The molecule has 0 N–H and O–H groups in total. The van der Waals surface area contributed by atoms with Gasteiger partial charge in [0.2, 0.25) is 0 Å². The van der Waals surface area contributed by atoms with Gasteiger partial charge in [0, 0.05) is 18.7 Å². The molecule has 3 atom stereocenters. The number of hydrogen-bond donors (Lipinski definition) is 0. The van der Waals surface area contributed by atoms with E-state index in [0.717, 1.165) is 5.84 Å². The van der Waals surface area contributed by atoms with Crippen molar-refractivity contribution >= 4 is 23.5 Å². The normalized spacial score (nSPS) is 17.9. The van der Waals surface area contributed by atoms with Crippen molar-refractivity contribution < 1.29 is 25.8 Å². The van der Waals surface area contributed by atoms with Crippen LogP contribution in [0.5, 0.6) is 11.5 Å². The van der Waals surface area contributed by atoms with Gasteiger partial charge in [-0.05, 0) is 61.2 Å². The molecule has 160 valence electrons. The number of hydrogen-bond acceptors (Lipinski definition) is 5. The van der Waals surface area contributed by atoms with E-state index in [1.165, 1.54) is 36.4 Å². The monoisotopic (exact) mass is 438 g/mol. The summed E-state index contributed by atoms with van der Waals surface area (Å²) in [6.45, 7) is 4.15. The molecule has 9 heteroatoms. The lowest BCUT2D eigenvalue weighted by molar-refractivity contribution is 0.292. The molecular weight excluding hydrogens is 417 g/mol. The topological polar surface area (TPSA) is 60.2 Å². The number of aliphatic imine (C=N–C) groups is 2. The highest BCUT2D eigenvalue weighted by atomic mass is 32.2. The van der Waals surface area contributed by atoms with E-state index in [-0.39, 0.29) is 29.8 Å². The minimum atomic E-state index is -2.93. The molecule has 2 aromatic rings. The van der Waals surface area contributed by atoms with Gasteiger partial charge in [0.15, 0.2) is 0 Å². The Morgan fingerprint density at radius 3 is 2.37 bits per heavy atom. The second-order valence-electron chi connectivity index (χ2n) is 7.09. The van der Waals surface area contributed by atoms with Crippen LogP contribution in [0, 0.1) is 23.5 Å². The van der Waals surface area contributed by atoms with Crippen molar-refractivity contribution in [2.24, 2.45) is 21.8 Å². The summed E-state index contributed by atoms with van der Waals surface area (Å²) in [5.74, 6) is -0.0268. The largest absolute Gasteiger partial charge is 0.489 e. The van der Waals surface area contributed by atoms with Crippen molar-refractivity contribution in [3.8, 4) is 11.5 Å². The summed E-state index contributed by atoms with van der Waals surface area (Å²) in [6.07, 6.45) is 2.35. The third kappa shape index (κ3) is 5.91. The molecule has 30 heavy (non-hydrogen) atoms. The summed E-state index contributed by atoms with van der Waals surface area (Å²) in [4.78, 5) is 8.52. The number of nitrogens with zero attached hydrogens (tertiary/aromatic N) is 2. The highest BCUT2D eigenvalue weighted by molar-refractivity contribution is 7.75. The number of ether oxygens (including phenoxy) is 1. The summed E-state index contributed by atoms with van der Waals surface area (Å²) in [6, 6.07) is 8.16. The Morgan fingerprint density at radius 1 is 1.17 bits per heavy atom. The van der Waals surface area contributed by atoms with Crippen molar-refractivity contribution in [2.75, 3.05) is 6.54 Å². The second kappa shape index (κ2) is 9.88. The first-order chi connectivity index (χ1) is 14.3. The molecule has 0 bridgehead atoms. The van der Waals surface area contributed by atoms with Crippen molar-refractivity contribution in [3.63, 3.8) is 0 Å². The summed E-state index contributed by atoms with van der Waals surface area (Å²) < 4.78 is 61.5. The highest BCUT2D eigenvalue weighted by Crippen LogP contribution is 2.24. The molecular formula is C21H21F3N2O3S. The smallest absolute Gasteiger partial charge is 0.401 e. The average molecular weight is 438 g/mol. The Hall–Kier alpha value is -2.68. The molecule has 5 nitrogen and oxygen atoms in total. The van der Waals surface area contributed by atoms with Crippen LogP contribution < -0.4 is 8.92 Å². The van der Waals surface area contributed by atoms with Gasteiger partial charge in [-0.3, -0.25) is 4.99 Å². The average Bonchev–Trinajstić information content (AvgIpc) is 2.68. The van der Waals surface area contributed by atoms with E-state index >= 15 is 0 Å². The quantitative estimate of drug-likeness (QED) is 0.558. The van der Waals surface area contributed by atoms with E-state index < -0.39 is 23.1 Å². The van der Waals surface area contributed by atoms with E-state index in [1.807, 2.05) is 20.1 Å². The van der Waals surface area contributed by atoms with Crippen molar-refractivity contribution in [1.29, 1.82) is 0 Å². The first-order valence-electron chi connectivity index (χ1n) is 9.33. The first-order valence-corrected chi connectivity index (χ1v) is 10.3. The Bertz CT molecular complexity index is 957. The van der Waals surface area contributed by atoms with Crippen molar-refractivity contribution in [1.82, 2.24) is 0 Å². The second-order valence-corrected chi connectivity index (χ2v) is 7.64. The molecule has 0 amide bonds. The standard InChI is InChI=1S/C21H21F3N2O3S/c1-13(16-10-25-14(2)26-11-16)7-15-8-20(22)19(21(23)9-15)12-28-17-3-5-18(6-4-17)29-30(24)27/h3-6,8-10,13,16H,7,11-12H2,1-2H3. The number of amidine groups is 1. The predicted octanol–water partition coefficient (Wildman–Crippen LogP) is 4.77. The van der Waals surface area contributed by atoms with Crippen LogP contribution in [0.3, 0.4) is 0 Å². The van der Waals surface area contributed by atoms with E-state index in [1.54, 1.807) is 0 Å². The van der Waals surface area contributed by atoms with E-state index in [0.29, 0.717) is 24.3 Å². The molecule has 0 aromatic heterocycles. The van der Waals surface area contributed by atoms with Crippen LogP contribution in [0.2, 0.25) is 0 Å². The van der Waals surface area contributed by atoms with Crippen LogP contribution in [-0.4, -0.2) is 22.8 Å². The van der Waals surface area contributed by atoms with Gasteiger partial charge >= 0.3 is 11.5 Å². The molecule has 0 aliphatic carbocycles. The summed E-state index contributed by atoms with van der Waals surface area (Å²) in [5, 5.41) is 0.